The highest BCUT2D eigenvalue weighted by atomic mass is 35.5. The summed E-state index contributed by atoms with van der Waals surface area (Å²) in [5.74, 6) is 0. The first-order valence-electron chi connectivity index (χ1n) is 3.23. The molecule has 0 aliphatic rings. The quantitative estimate of drug-likeness (QED) is 0.609. The summed E-state index contributed by atoms with van der Waals surface area (Å²) in [6.07, 6.45) is 1.68. The molecule has 4 heteroatoms. The summed E-state index contributed by atoms with van der Waals surface area (Å²) in [6.45, 7) is 1.93. The van der Waals surface area contributed by atoms with Crippen molar-refractivity contribution in [2.24, 2.45) is 0 Å². The average Bonchev–Trinajstić information content (AvgIpc) is 2.33. The van der Waals surface area contributed by atoms with Crippen molar-refractivity contribution in [3.8, 4) is 0 Å². The molecule has 56 valence electrons. The molecule has 0 saturated heterocycles. The summed E-state index contributed by atoms with van der Waals surface area (Å²) >= 11 is 5.69. The molecule has 0 aromatic carbocycles. The lowest BCUT2D eigenvalue weighted by atomic mass is 10.3. The minimum Gasteiger partial charge on any atom is -0.276 e. The van der Waals surface area contributed by atoms with Gasteiger partial charge in [-0.2, -0.15) is 5.10 Å². The zero-order chi connectivity index (χ0) is 7.84. The number of pyridine rings is 1. The fourth-order valence-corrected chi connectivity index (χ4v) is 1.18. The molecule has 0 unspecified atom stereocenters. The van der Waals surface area contributed by atoms with Gasteiger partial charge in [0.15, 0.2) is 0 Å². The van der Waals surface area contributed by atoms with Gasteiger partial charge in [-0.15, -0.1) is 0 Å². The second-order valence-corrected chi connectivity index (χ2v) is 2.75. The summed E-state index contributed by atoms with van der Waals surface area (Å²) < 4.78 is 0. The minimum atomic E-state index is 0.502. The van der Waals surface area contributed by atoms with Gasteiger partial charge in [0, 0.05) is 5.39 Å². The van der Waals surface area contributed by atoms with E-state index in [1.807, 2.05) is 6.92 Å². The molecule has 0 bridgehead atoms. The van der Waals surface area contributed by atoms with Crippen molar-refractivity contribution in [3.05, 3.63) is 23.1 Å². The van der Waals surface area contributed by atoms with E-state index in [0.29, 0.717) is 5.15 Å². The van der Waals surface area contributed by atoms with Gasteiger partial charge >= 0.3 is 0 Å². The first kappa shape index (κ1) is 6.61. The van der Waals surface area contributed by atoms with Crippen LogP contribution in [0.1, 0.15) is 5.69 Å². The molecule has 0 fully saturated rings. The molecule has 0 radical (unpaired) electrons. The molecule has 11 heavy (non-hydrogen) atoms. The zero-order valence-corrected chi connectivity index (χ0v) is 6.68. The highest BCUT2D eigenvalue weighted by molar-refractivity contribution is 6.30. The van der Waals surface area contributed by atoms with Crippen molar-refractivity contribution in [1.29, 1.82) is 0 Å². The van der Waals surface area contributed by atoms with Crippen LogP contribution >= 0.6 is 11.6 Å². The van der Waals surface area contributed by atoms with Crippen LogP contribution in [0.3, 0.4) is 0 Å². The number of rotatable bonds is 0. The summed E-state index contributed by atoms with van der Waals surface area (Å²) in [7, 11) is 0. The third-order valence-corrected chi connectivity index (χ3v) is 1.81. The van der Waals surface area contributed by atoms with Crippen LogP contribution in [0.2, 0.25) is 5.15 Å². The Bertz CT molecular complexity index is 393. The van der Waals surface area contributed by atoms with E-state index in [0.717, 1.165) is 16.6 Å². The second-order valence-electron chi connectivity index (χ2n) is 2.36. The maximum atomic E-state index is 5.69. The molecule has 0 atom stereocenters. The Morgan fingerprint density at radius 1 is 1.55 bits per heavy atom. The summed E-state index contributed by atoms with van der Waals surface area (Å²) in [4.78, 5) is 3.91. The topological polar surface area (TPSA) is 41.6 Å². The molecule has 2 rings (SSSR count). The number of nitrogens with one attached hydrogen (secondary N) is 1. The number of nitrogens with zero attached hydrogens (tertiary/aromatic N) is 2. The lowest BCUT2D eigenvalue weighted by Gasteiger charge is -1.88. The van der Waals surface area contributed by atoms with E-state index in [-0.39, 0.29) is 0 Å². The van der Waals surface area contributed by atoms with Crippen LogP contribution in [0.15, 0.2) is 12.3 Å². The van der Waals surface area contributed by atoms with Crippen LogP contribution in [0.5, 0.6) is 0 Å². The van der Waals surface area contributed by atoms with E-state index in [2.05, 4.69) is 15.2 Å². The Hall–Kier alpha value is -1.09. The maximum absolute atomic E-state index is 5.69. The maximum Gasteiger partial charge on any atom is 0.129 e. The number of hydrogen-bond donors (Lipinski definition) is 1. The molecule has 0 aliphatic heterocycles. The zero-order valence-electron chi connectivity index (χ0n) is 5.93. The molecular formula is C7H6ClN3. The van der Waals surface area contributed by atoms with Gasteiger partial charge in [0.1, 0.15) is 5.15 Å². The molecule has 3 nitrogen and oxygen atoms in total. The number of aryl methyl sites for hydroxylation is 1. The Labute approximate surface area is 68.4 Å². The third-order valence-electron chi connectivity index (χ3n) is 1.60. The van der Waals surface area contributed by atoms with E-state index in [4.69, 9.17) is 11.6 Å². The van der Waals surface area contributed by atoms with Gasteiger partial charge in [-0.05, 0) is 13.0 Å². The van der Waals surface area contributed by atoms with Gasteiger partial charge in [-0.3, -0.25) is 5.10 Å². The van der Waals surface area contributed by atoms with Crippen LogP contribution in [0, 0.1) is 6.92 Å². The first-order chi connectivity index (χ1) is 5.27. The Kier molecular flexibility index (Phi) is 1.32. The monoisotopic (exact) mass is 167 g/mol. The molecule has 0 amide bonds. The summed E-state index contributed by atoms with van der Waals surface area (Å²) in [5.41, 5.74) is 1.87. The second kappa shape index (κ2) is 2.20. The van der Waals surface area contributed by atoms with Crippen LogP contribution in [-0.2, 0) is 0 Å². The van der Waals surface area contributed by atoms with Gasteiger partial charge in [-0.25, -0.2) is 4.98 Å². The van der Waals surface area contributed by atoms with E-state index < -0.39 is 0 Å². The van der Waals surface area contributed by atoms with Gasteiger partial charge in [0.2, 0.25) is 0 Å². The molecule has 2 heterocycles. The normalized spacial score (nSPS) is 10.7. The van der Waals surface area contributed by atoms with E-state index in [1.165, 1.54) is 0 Å². The van der Waals surface area contributed by atoms with Gasteiger partial charge in [0.25, 0.3) is 0 Å². The van der Waals surface area contributed by atoms with Crippen molar-refractivity contribution in [3.63, 3.8) is 0 Å². The van der Waals surface area contributed by atoms with Gasteiger partial charge in [-0.1, -0.05) is 11.6 Å². The SMILES string of the molecule is Cc1n[nH]c2cnc(Cl)cc12. The number of hydrogen-bond acceptors (Lipinski definition) is 2. The summed E-state index contributed by atoms with van der Waals surface area (Å²) in [6, 6.07) is 1.80. The highest BCUT2D eigenvalue weighted by Gasteiger charge is 2.00. The lowest BCUT2D eigenvalue weighted by molar-refractivity contribution is 1.07. The van der Waals surface area contributed by atoms with Crippen molar-refractivity contribution >= 4 is 22.5 Å². The fourth-order valence-electron chi connectivity index (χ4n) is 1.02. The van der Waals surface area contributed by atoms with Crippen molar-refractivity contribution < 1.29 is 0 Å². The first-order valence-corrected chi connectivity index (χ1v) is 3.61. The Balaban J connectivity index is 2.87. The highest BCUT2D eigenvalue weighted by Crippen LogP contribution is 2.16. The predicted molar refractivity (Wildman–Crippen MR) is 43.6 cm³/mol. The standard InChI is InChI=1S/C7H6ClN3/c1-4-5-2-7(8)9-3-6(5)11-10-4/h2-3H,1H3,(H,10,11). The average molecular weight is 168 g/mol. The number of H-pyrrole nitrogens is 1. The van der Waals surface area contributed by atoms with Gasteiger partial charge in [0.05, 0.1) is 17.4 Å². The summed E-state index contributed by atoms with van der Waals surface area (Å²) in [5, 5.41) is 8.39. The molecular weight excluding hydrogens is 162 g/mol. The van der Waals surface area contributed by atoms with E-state index >= 15 is 0 Å². The molecule has 0 spiro atoms. The third kappa shape index (κ3) is 0.973. The number of halogens is 1. The lowest BCUT2D eigenvalue weighted by Crippen LogP contribution is -1.74. The minimum absolute atomic E-state index is 0.502. The van der Waals surface area contributed by atoms with Crippen molar-refractivity contribution in [2.45, 2.75) is 6.92 Å². The molecule has 1 N–H and O–H groups in total. The molecule has 0 aliphatic carbocycles. The number of fused-ring (bicyclic) bond motifs is 1. The molecule has 2 aromatic rings. The van der Waals surface area contributed by atoms with E-state index in [1.54, 1.807) is 12.3 Å². The van der Waals surface area contributed by atoms with Crippen LogP contribution < -0.4 is 0 Å². The van der Waals surface area contributed by atoms with E-state index in [9.17, 15) is 0 Å². The predicted octanol–water partition coefficient (Wildman–Crippen LogP) is 1.92. The largest absolute Gasteiger partial charge is 0.276 e. The number of aromatic amines is 1. The number of aromatic nitrogens is 3. The van der Waals surface area contributed by atoms with Crippen molar-refractivity contribution in [2.75, 3.05) is 0 Å². The fraction of sp³-hybridized carbons (Fsp3) is 0.143. The van der Waals surface area contributed by atoms with Gasteiger partial charge < -0.3 is 0 Å². The molecule has 0 saturated carbocycles. The smallest absolute Gasteiger partial charge is 0.129 e. The van der Waals surface area contributed by atoms with Crippen LogP contribution in [-0.4, -0.2) is 15.2 Å². The molecule has 2 aromatic heterocycles. The van der Waals surface area contributed by atoms with Crippen LogP contribution in [0.4, 0.5) is 0 Å². The van der Waals surface area contributed by atoms with Crippen LogP contribution in [0.25, 0.3) is 10.9 Å². The van der Waals surface area contributed by atoms with Crippen molar-refractivity contribution in [1.82, 2.24) is 15.2 Å². The Morgan fingerprint density at radius 2 is 2.36 bits per heavy atom. The Morgan fingerprint density at radius 3 is 3.18 bits per heavy atom.